The van der Waals surface area contributed by atoms with Gasteiger partial charge in [-0.05, 0) is 54.7 Å². The molecule has 1 N–H and O–H groups in total. The van der Waals surface area contributed by atoms with Crippen molar-refractivity contribution in [2.75, 3.05) is 11.9 Å². The topological polar surface area (TPSA) is 49.4 Å². The second-order valence-corrected chi connectivity index (χ2v) is 7.22. The number of amides is 2. The molecular formula is C20H19ClN2O2. The largest absolute Gasteiger partial charge is 0.337 e. The molecule has 1 aliphatic heterocycles. The van der Waals surface area contributed by atoms with E-state index in [0.717, 1.165) is 6.42 Å². The molecule has 0 saturated heterocycles. The molecule has 128 valence electrons. The summed E-state index contributed by atoms with van der Waals surface area (Å²) in [7, 11) is 0. The van der Waals surface area contributed by atoms with Crippen LogP contribution in [-0.4, -0.2) is 23.3 Å². The van der Waals surface area contributed by atoms with Crippen LogP contribution in [0, 0.1) is 5.41 Å². The first kappa shape index (κ1) is 16.2. The number of carbonyl (C=O) groups is 2. The summed E-state index contributed by atoms with van der Waals surface area (Å²) in [6.45, 7) is 1.26. The molecule has 0 unspecified atom stereocenters. The van der Waals surface area contributed by atoms with Gasteiger partial charge in [-0.15, -0.1) is 0 Å². The highest BCUT2D eigenvalue weighted by atomic mass is 35.5. The molecule has 2 aliphatic rings. The van der Waals surface area contributed by atoms with E-state index < -0.39 is 5.41 Å². The Kier molecular flexibility index (Phi) is 4.00. The Morgan fingerprint density at radius 2 is 1.68 bits per heavy atom. The van der Waals surface area contributed by atoms with Crippen molar-refractivity contribution in [1.29, 1.82) is 0 Å². The fraction of sp³-hybridized carbons (Fsp3) is 0.300. The van der Waals surface area contributed by atoms with Crippen LogP contribution in [0.15, 0.2) is 48.5 Å². The monoisotopic (exact) mass is 354 g/mol. The van der Waals surface area contributed by atoms with Crippen LogP contribution in [0.25, 0.3) is 0 Å². The van der Waals surface area contributed by atoms with Gasteiger partial charge in [0.15, 0.2) is 0 Å². The summed E-state index contributed by atoms with van der Waals surface area (Å²) in [5.41, 5.74) is 2.24. The lowest BCUT2D eigenvalue weighted by atomic mass is 9.97. The molecule has 2 amide bonds. The van der Waals surface area contributed by atoms with Crippen LogP contribution < -0.4 is 5.32 Å². The first-order valence-corrected chi connectivity index (χ1v) is 8.89. The maximum atomic E-state index is 13.0. The van der Waals surface area contributed by atoms with Gasteiger partial charge in [0.05, 0.1) is 0 Å². The van der Waals surface area contributed by atoms with E-state index in [0.29, 0.717) is 36.6 Å². The number of carbonyl (C=O) groups excluding carboxylic acids is 2. The van der Waals surface area contributed by atoms with Crippen molar-refractivity contribution < 1.29 is 9.59 Å². The Hall–Kier alpha value is -2.33. The molecule has 2 aromatic rings. The second-order valence-electron chi connectivity index (χ2n) is 6.79. The normalized spacial score (nSPS) is 17.6. The Labute approximate surface area is 151 Å². The average Bonchev–Trinajstić information content (AvgIpc) is 3.44. The first-order valence-electron chi connectivity index (χ1n) is 8.52. The predicted octanol–water partition coefficient (Wildman–Crippen LogP) is 3.64. The number of hydrogen-bond acceptors (Lipinski definition) is 2. The molecule has 1 aliphatic carbocycles. The summed E-state index contributed by atoms with van der Waals surface area (Å²) in [5, 5.41) is 3.48. The Bertz CT molecular complexity index is 828. The molecule has 0 bridgehead atoms. The van der Waals surface area contributed by atoms with Crippen LogP contribution >= 0.6 is 11.6 Å². The standard InChI is InChI=1S/C20H19ClN2O2/c21-16-5-7-17(8-6-16)22-18(24)20(10-11-20)19(25)23-12-9-14-3-1-2-4-15(14)13-23/h1-8H,9-13H2,(H,22,24). The van der Waals surface area contributed by atoms with Gasteiger partial charge in [-0.1, -0.05) is 35.9 Å². The van der Waals surface area contributed by atoms with Gasteiger partial charge in [-0.3, -0.25) is 9.59 Å². The fourth-order valence-electron chi connectivity index (χ4n) is 3.42. The highest BCUT2D eigenvalue weighted by molar-refractivity contribution is 6.30. The molecule has 0 spiro atoms. The molecule has 5 heteroatoms. The molecule has 0 aromatic heterocycles. The van der Waals surface area contributed by atoms with E-state index in [1.54, 1.807) is 24.3 Å². The molecule has 4 rings (SSSR count). The molecule has 0 radical (unpaired) electrons. The van der Waals surface area contributed by atoms with Crippen LogP contribution in [0.4, 0.5) is 5.69 Å². The van der Waals surface area contributed by atoms with Crippen molar-refractivity contribution >= 4 is 29.1 Å². The molecule has 25 heavy (non-hydrogen) atoms. The lowest BCUT2D eigenvalue weighted by Gasteiger charge is -2.31. The predicted molar refractivity (Wildman–Crippen MR) is 97.3 cm³/mol. The maximum absolute atomic E-state index is 13.0. The van der Waals surface area contributed by atoms with Gasteiger partial charge < -0.3 is 10.2 Å². The Morgan fingerprint density at radius 3 is 2.36 bits per heavy atom. The smallest absolute Gasteiger partial charge is 0.240 e. The first-order chi connectivity index (χ1) is 12.1. The quantitative estimate of drug-likeness (QED) is 0.855. The lowest BCUT2D eigenvalue weighted by Crippen LogP contribution is -2.45. The summed E-state index contributed by atoms with van der Waals surface area (Å²) < 4.78 is 0. The maximum Gasteiger partial charge on any atom is 0.240 e. The zero-order chi connectivity index (χ0) is 17.4. The number of anilines is 1. The van der Waals surface area contributed by atoms with E-state index in [4.69, 9.17) is 11.6 Å². The van der Waals surface area contributed by atoms with Crippen LogP contribution in [-0.2, 0) is 22.6 Å². The summed E-state index contributed by atoms with van der Waals surface area (Å²) >= 11 is 5.87. The number of fused-ring (bicyclic) bond motifs is 1. The van der Waals surface area contributed by atoms with E-state index in [9.17, 15) is 9.59 Å². The summed E-state index contributed by atoms with van der Waals surface area (Å²) in [6, 6.07) is 15.1. The minimum Gasteiger partial charge on any atom is -0.337 e. The third kappa shape index (κ3) is 3.02. The van der Waals surface area contributed by atoms with E-state index in [2.05, 4.69) is 17.4 Å². The third-order valence-electron chi connectivity index (χ3n) is 5.11. The summed E-state index contributed by atoms with van der Waals surface area (Å²) in [5.74, 6) is -0.257. The molecule has 2 aromatic carbocycles. The van der Waals surface area contributed by atoms with Crippen molar-refractivity contribution in [3.05, 3.63) is 64.7 Å². The molecule has 4 nitrogen and oxygen atoms in total. The van der Waals surface area contributed by atoms with Crippen LogP contribution in [0.3, 0.4) is 0 Å². The van der Waals surface area contributed by atoms with Gasteiger partial charge >= 0.3 is 0 Å². The van der Waals surface area contributed by atoms with Gasteiger partial charge in [-0.25, -0.2) is 0 Å². The fourth-order valence-corrected chi connectivity index (χ4v) is 3.54. The molecular weight excluding hydrogens is 336 g/mol. The number of rotatable bonds is 3. The minimum absolute atomic E-state index is 0.0477. The van der Waals surface area contributed by atoms with Crippen molar-refractivity contribution in [2.24, 2.45) is 5.41 Å². The van der Waals surface area contributed by atoms with Gasteiger partial charge in [-0.2, -0.15) is 0 Å². The number of hydrogen-bond donors (Lipinski definition) is 1. The van der Waals surface area contributed by atoms with Crippen LogP contribution in [0.2, 0.25) is 5.02 Å². The second kappa shape index (κ2) is 6.19. The van der Waals surface area contributed by atoms with Crippen molar-refractivity contribution in [3.8, 4) is 0 Å². The zero-order valence-electron chi connectivity index (χ0n) is 13.8. The minimum atomic E-state index is -0.897. The van der Waals surface area contributed by atoms with Gasteiger partial charge in [0.2, 0.25) is 11.8 Å². The van der Waals surface area contributed by atoms with Gasteiger partial charge in [0, 0.05) is 23.8 Å². The summed E-state index contributed by atoms with van der Waals surface area (Å²) in [4.78, 5) is 27.6. The SMILES string of the molecule is O=C(Nc1ccc(Cl)cc1)C1(C(=O)N2CCc3ccccc3C2)CC1. The Balaban J connectivity index is 1.48. The van der Waals surface area contributed by atoms with Gasteiger partial charge in [0.1, 0.15) is 5.41 Å². The van der Waals surface area contributed by atoms with Gasteiger partial charge in [0.25, 0.3) is 0 Å². The van der Waals surface area contributed by atoms with Crippen molar-refractivity contribution in [3.63, 3.8) is 0 Å². The van der Waals surface area contributed by atoms with E-state index in [-0.39, 0.29) is 11.8 Å². The third-order valence-corrected chi connectivity index (χ3v) is 5.37. The molecule has 0 atom stereocenters. The van der Waals surface area contributed by atoms with Crippen LogP contribution in [0.1, 0.15) is 24.0 Å². The number of nitrogens with one attached hydrogen (secondary N) is 1. The average molecular weight is 355 g/mol. The van der Waals surface area contributed by atoms with Crippen LogP contribution in [0.5, 0.6) is 0 Å². The van der Waals surface area contributed by atoms with Crippen molar-refractivity contribution in [2.45, 2.75) is 25.8 Å². The van der Waals surface area contributed by atoms with E-state index >= 15 is 0 Å². The number of halogens is 1. The molecule has 1 saturated carbocycles. The van der Waals surface area contributed by atoms with E-state index in [1.807, 2.05) is 17.0 Å². The van der Waals surface area contributed by atoms with Crippen molar-refractivity contribution in [1.82, 2.24) is 4.90 Å². The number of benzene rings is 2. The summed E-state index contributed by atoms with van der Waals surface area (Å²) in [6.07, 6.45) is 2.07. The molecule has 1 heterocycles. The lowest BCUT2D eigenvalue weighted by molar-refractivity contribution is -0.143. The molecule has 1 fully saturated rings. The van der Waals surface area contributed by atoms with E-state index in [1.165, 1.54) is 11.1 Å². The number of nitrogens with zero attached hydrogens (tertiary/aromatic N) is 1. The highest BCUT2D eigenvalue weighted by Gasteiger charge is 2.58. The zero-order valence-corrected chi connectivity index (χ0v) is 14.6. The highest BCUT2D eigenvalue weighted by Crippen LogP contribution is 2.48. The Morgan fingerprint density at radius 1 is 1.00 bits per heavy atom.